The van der Waals surface area contributed by atoms with Crippen molar-refractivity contribution in [2.75, 3.05) is 38.1 Å². The second-order valence-electron chi connectivity index (χ2n) is 12.1. The molecule has 0 aliphatic carbocycles. The van der Waals surface area contributed by atoms with Gasteiger partial charge >= 0.3 is 0 Å². The maximum atomic E-state index is 14.1. The Morgan fingerprint density at radius 2 is 1.53 bits per heavy atom. The van der Waals surface area contributed by atoms with Gasteiger partial charge in [0.15, 0.2) is 0 Å². The van der Waals surface area contributed by atoms with Crippen LogP contribution in [0.2, 0.25) is 5.02 Å². The number of hydrogen-bond donors (Lipinski definition) is 2. The van der Waals surface area contributed by atoms with E-state index >= 15 is 0 Å². The van der Waals surface area contributed by atoms with Crippen molar-refractivity contribution in [2.45, 2.75) is 31.5 Å². The number of hydrogen-bond acceptors (Lipinski definition) is 5. The lowest BCUT2D eigenvalue weighted by Gasteiger charge is -2.38. The van der Waals surface area contributed by atoms with Crippen molar-refractivity contribution in [2.24, 2.45) is 0 Å². The first-order valence-corrected chi connectivity index (χ1v) is 16.4. The first-order chi connectivity index (χ1) is 22.9. The van der Waals surface area contributed by atoms with Crippen LogP contribution in [0.3, 0.4) is 0 Å². The van der Waals surface area contributed by atoms with Gasteiger partial charge in [0.25, 0.3) is 5.91 Å². The second-order valence-corrected chi connectivity index (χ2v) is 12.5. The van der Waals surface area contributed by atoms with Crippen molar-refractivity contribution >= 4 is 35.0 Å². The predicted octanol–water partition coefficient (Wildman–Crippen LogP) is 5.04. The second kappa shape index (κ2) is 14.8. The maximum absolute atomic E-state index is 14.1. The summed E-state index contributed by atoms with van der Waals surface area (Å²) in [5.74, 6) is -0.428. The van der Waals surface area contributed by atoms with Crippen molar-refractivity contribution in [3.8, 4) is 0 Å². The first kappa shape index (κ1) is 32.3. The van der Waals surface area contributed by atoms with Crippen LogP contribution in [-0.2, 0) is 29.0 Å². The molecule has 0 bridgehead atoms. The molecule has 1 unspecified atom stereocenters. The Hall–Kier alpha value is -4.66. The lowest BCUT2D eigenvalue weighted by atomic mass is 9.93. The third kappa shape index (κ3) is 7.67. The molecule has 4 aromatic carbocycles. The SMILES string of the molecule is CN(Cc1ccccc1)C(=O)c1ccccc1N1CCN(C(=O)[C@@H](Cc2ccc(Cl)cc2)NC(=O)C2N[CH]Cc3ccccc32)CC1. The number of rotatable bonds is 9. The molecule has 2 N–H and O–H groups in total. The monoisotopic (exact) mass is 648 g/mol. The molecule has 8 nitrogen and oxygen atoms in total. The normalized spacial score (nSPS) is 16.6. The molecular weight excluding hydrogens is 610 g/mol. The Morgan fingerprint density at radius 1 is 0.851 bits per heavy atom. The highest BCUT2D eigenvalue weighted by Crippen LogP contribution is 2.26. The van der Waals surface area contributed by atoms with E-state index in [9.17, 15) is 14.4 Å². The van der Waals surface area contributed by atoms with Crippen LogP contribution in [0.4, 0.5) is 5.69 Å². The summed E-state index contributed by atoms with van der Waals surface area (Å²) in [5, 5.41) is 6.90. The number of piperazine rings is 1. The summed E-state index contributed by atoms with van der Waals surface area (Å²) in [6.07, 6.45) is 1.07. The molecule has 2 atom stereocenters. The summed E-state index contributed by atoms with van der Waals surface area (Å²) in [6.45, 7) is 4.46. The molecular formula is C38H39ClN5O3. The van der Waals surface area contributed by atoms with Crippen LogP contribution in [0, 0.1) is 6.54 Å². The van der Waals surface area contributed by atoms with Gasteiger partial charge in [-0.3, -0.25) is 19.7 Å². The Balaban J connectivity index is 1.15. The third-order valence-corrected chi connectivity index (χ3v) is 9.13. The Bertz CT molecular complexity index is 1710. The van der Waals surface area contributed by atoms with Crippen molar-refractivity contribution < 1.29 is 14.4 Å². The van der Waals surface area contributed by atoms with Crippen molar-refractivity contribution in [1.82, 2.24) is 20.4 Å². The number of nitrogens with zero attached hydrogens (tertiary/aromatic N) is 3. The van der Waals surface area contributed by atoms with Gasteiger partial charge in [0.05, 0.1) is 5.56 Å². The zero-order valence-electron chi connectivity index (χ0n) is 26.4. The van der Waals surface area contributed by atoms with Crippen LogP contribution < -0.4 is 15.5 Å². The van der Waals surface area contributed by atoms with E-state index in [1.807, 2.05) is 109 Å². The number of amides is 3. The van der Waals surface area contributed by atoms with E-state index in [-0.39, 0.29) is 17.7 Å². The van der Waals surface area contributed by atoms with Gasteiger partial charge in [0, 0.05) is 63.4 Å². The van der Waals surface area contributed by atoms with Gasteiger partial charge in [0.2, 0.25) is 11.8 Å². The van der Waals surface area contributed by atoms with Gasteiger partial charge in [-0.05, 0) is 52.9 Å². The van der Waals surface area contributed by atoms with E-state index < -0.39 is 12.1 Å². The number of fused-ring (bicyclic) bond motifs is 1. The zero-order valence-corrected chi connectivity index (χ0v) is 27.2. The Labute approximate surface area is 281 Å². The molecule has 1 saturated heterocycles. The van der Waals surface area contributed by atoms with Crippen LogP contribution in [0.5, 0.6) is 0 Å². The number of nitrogens with one attached hydrogen (secondary N) is 2. The van der Waals surface area contributed by atoms with Crippen LogP contribution in [0.25, 0.3) is 0 Å². The molecule has 2 heterocycles. The highest BCUT2D eigenvalue weighted by Gasteiger charge is 2.33. The van der Waals surface area contributed by atoms with Gasteiger partial charge in [-0.2, -0.15) is 0 Å². The Morgan fingerprint density at radius 3 is 2.30 bits per heavy atom. The fourth-order valence-corrected chi connectivity index (χ4v) is 6.49. The largest absolute Gasteiger partial charge is 0.367 e. The van der Waals surface area contributed by atoms with Crippen LogP contribution in [0.15, 0.2) is 103 Å². The van der Waals surface area contributed by atoms with E-state index in [1.165, 1.54) is 0 Å². The minimum atomic E-state index is -0.758. The predicted molar refractivity (Wildman–Crippen MR) is 185 cm³/mol. The summed E-state index contributed by atoms with van der Waals surface area (Å²) in [4.78, 5) is 47.0. The number of para-hydroxylation sites is 1. The number of halogens is 1. The smallest absolute Gasteiger partial charge is 0.256 e. The van der Waals surface area contributed by atoms with E-state index in [1.54, 1.807) is 17.0 Å². The summed E-state index contributed by atoms with van der Waals surface area (Å²) >= 11 is 6.13. The van der Waals surface area contributed by atoms with E-state index in [4.69, 9.17) is 11.6 Å². The molecule has 4 aromatic rings. The maximum Gasteiger partial charge on any atom is 0.256 e. The summed E-state index contributed by atoms with van der Waals surface area (Å²) < 4.78 is 0. The molecule has 9 heteroatoms. The topological polar surface area (TPSA) is 85.0 Å². The van der Waals surface area contributed by atoms with Crippen molar-refractivity contribution in [1.29, 1.82) is 0 Å². The zero-order chi connectivity index (χ0) is 32.8. The quantitative estimate of drug-likeness (QED) is 0.266. The molecule has 6 rings (SSSR count). The summed E-state index contributed by atoms with van der Waals surface area (Å²) in [7, 11) is 1.82. The minimum absolute atomic E-state index is 0.0520. The first-order valence-electron chi connectivity index (χ1n) is 16.0. The lowest BCUT2D eigenvalue weighted by Crippen LogP contribution is -2.57. The van der Waals surface area contributed by atoms with Crippen molar-refractivity contribution in [3.05, 3.63) is 143 Å². The summed E-state index contributed by atoms with van der Waals surface area (Å²) in [5.41, 5.74) is 5.47. The lowest BCUT2D eigenvalue weighted by molar-refractivity contribution is -0.137. The Kier molecular flexibility index (Phi) is 10.2. The molecule has 1 radical (unpaired) electrons. The molecule has 1 fully saturated rings. The highest BCUT2D eigenvalue weighted by molar-refractivity contribution is 6.30. The third-order valence-electron chi connectivity index (χ3n) is 8.88. The number of anilines is 1. The van der Waals surface area contributed by atoms with Crippen LogP contribution in [0.1, 0.15) is 38.7 Å². The summed E-state index contributed by atoms with van der Waals surface area (Å²) in [6, 6.07) is 31.5. The molecule has 0 aromatic heterocycles. The molecule has 47 heavy (non-hydrogen) atoms. The van der Waals surface area contributed by atoms with Crippen molar-refractivity contribution in [3.63, 3.8) is 0 Å². The average molecular weight is 649 g/mol. The van der Waals surface area contributed by atoms with Gasteiger partial charge in [-0.25, -0.2) is 0 Å². The molecule has 2 aliphatic rings. The van der Waals surface area contributed by atoms with Gasteiger partial charge in [-0.1, -0.05) is 90.5 Å². The molecule has 3 amide bonds. The fourth-order valence-electron chi connectivity index (χ4n) is 6.36. The average Bonchev–Trinajstić information content (AvgIpc) is 3.12. The molecule has 2 aliphatic heterocycles. The van der Waals surface area contributed by atoms with Crippen LogP contribution >= 0.6 is 11.6 Å². The number of benzene rings is 4. The number of carbonyl (C=O) groups excluding carboxylic acids is 3. The standard InChI is InChI=1S/C38H39ClN5O3/c1-42(26-28-9-3-2-4-10-28)37(46)32-13-7-8-14-34(32)43-21-23-44(24-22-43)38(47)33(25-27-15-17-30(39)18-16-27)41-36(45)35-31-12-6-5-11-29(31)19-20-40-35/h2-18,20,33,35,40H,19,21-26H2,1H3,(H,41,45)/t33-,35?/m1/s1. The van der Waals surface area contributed by atoms with E-state index in [0.717, 1.165) is 34.4 Å². The highest BCUT2D eigenvalue weighted by atomic mass is 35.5. The van der Waals surface area contributed by atoms with E-state index in [2.05, 4.69) is 15.5 Å². The minimum Gasteiger partial charge on any atom is -0.367 e. The van der Waals surface area contributed by atoms with Crippen LogP contribution in [-0.4, -0.2) is 66.8 Å². The molecule has 241 valence electrons. The van der Waals surface area contributed by atoms with Gasteiger partial charge in [-0.15, -0.1) is 0 Å². The molecule has 0 spiro atoms. The van der Waals surface area contributed by atoms with Gasteiger partial charge < -0.3 is 20.0 Å². The van der Waals surface area contributed by atoms with E-state index in [0.29, 0.717) is 49.7 Å². The molecule has 0 saturated carbocycles. The van der Waals surface area contributed by atoms with Gasteiger partial charge in [0.1, 0.15) is 12.1 Å². The number of carbonyl (C=O) groups is 3. The fraction of sp³-hybridized carbons (Fsp3) is 0.263.